The zero-order valence-electron chi connectivity index (χ0n) is 18.8. The van der Waals surface area contributed by atoms with E-state index < -0.39 is 0 Å². The van der Waals surface area contributed by atoms with Crippen molar-refractivity contribution in [2.45, 2.75) is 60.0 Å². The van der Waals surface area contributed by atoms with Crippen molar-refractivity contribution in [3.63, 3.8) is 0 Å². The van der Waals surface area contributed by atoms with Crippen LogP contribution < -0.4 is 10.3 Å². The van der Waals surface area contributed by atoms with Crippen LogP contribution in [0, 0.1) is 5.92 Å². The Morgan fingerprint density at radius 2 is 1.87 bits per heavy atom. The lowest BCUT2D eigenvalue weighted by atomic mass is 9.98. The number of ether oxygens (including phenoxy) is 1. The average Bonchev–Trinajstić information content (AvgIpc) is 3.08. The molecule has 0 aliphatic rings. The van der Waals surface area contributed by atoms with Crippen LogP contribution in [0.1, 0.15) is 57.8 Å². The lowest BCUT2D eigenvalue weighted by molar-refractivity contribution is 0.225. The van der Waals surface area contributed by atoms with Gasteiger partial charge in [0.05, 0.1) is 12.3 Å². The molecule has 0 bridgehead atoms. The van der Waals surface area contributed by atoms with Crippen LogP contribution in [0.4, 0.5) is 0 Å². The third-order valence-electron chi connectivity index (χ3n) is 4.59. The van der Waals surface area contributed by atoms with Crippen molar-refractivity contribution in [3.05, 3.63) is 57.0 Å². The van der Waals surface area contributed by atoms with Crippen molar-refractivity contribution < 1.29 is 4.74 Å². The summed E-state index contributed by atoms with van der Waals surface area (Å²) in [5.41, 5.74) is 1.77. The minimum Gasteiger partial charge on any atom is -0.494 e. The third kappa shape index (κ3) is 5.67. The van der Waals surface area contributed by atoms with E-state index in [1.807, 2.05) is 19.1 Å². The maximum atomic E-state index is 12.6. The van der Waals surface area contributed by atoms with Gasteiger partial charge >= 0.3 is 0 Å². The average molecular weight is 429 g/mol. The number of hydrogen-bond donors (Lipinski definition) is 0. The summed E-state index contributed by atoms with van der Waals surface area (Å²) in [5, 5.41) is 5.39. The van der Waals surface area contributed by atoms with Gasteiger partial charge in [0.1, 0.15) is 10.8 Å². The highest BCUT2D eigenvalue weighted by Crippen LogP contribution is 2.26. The van der Waals surface area contributed by atoms with Gasteiger partial charge in [0.15, 0.2) is 0 Å². The second kappa shape index (κ2) is 9.27. The maximum Gasteiger partial charge on any atom is 0.275 e. The van der Waals surface area contributed by atoms with Gasteiger partial charge in [0.25, 0.3) is 5.56 Å². The van der Waals surface area contributed by atoms with Crippen LogP contribution in [0.2, 0.25) is 0 Å². The molecule has 2 heterocycles. The lowest BCUT2D eigenvalue weighted by Gasteiger charge is -2.24. The topological polar surface area (TPSA) is 59.7 Å². The molecule has 0 unspecified atom stereocenters. The number of aromatic nitrogens is 3. The predicted octanol–water partition coefficient (Wildman–Crippen LogP) is 4.51. The highest BCUT2D eigenvalue weighted by atomic mass is 32.1. The molecule has 3 aromatic rings. The number of nitrogens with zero attached hydrogens (tertiary/aromatic N) is 4. The third-order valence-corrected chi connectivity index (χ3v) is 5.92. The summed E-state index contributed by atoms with van der Waals surface area (Å²) in [6.07, 6.45) is 0. The normalized spacial score (nSPS) is 12.3. The van der Waals surface area contributed by atoms with Crippen molar-refractivity contribution in [1.82, 2.24) is 19.5 Å². The number of fused-ring (bicyclic) bond motifs is 1. The van der Waals surface area contributed by atoms with Gasteiger partial charge in [-0.1, -0.05) is 58.1 Å². The van der Waals surface area contributed by atoms with Crippen LogP contribution in [-0.2, 0) is 18.5 Å². The van der Waals surface area contributed by atoms with Gasteiger partial charge < -0.3 is 4.74 Å². The fourth-order valence-electron chi connectivity index (χ4n) is 3.29. The quantitative estimate of drug-likeness (QED) is 0.528. The fourth-order valence-corrected chi connectivity index (χ4v) is 4.27. The second-order valence-corrected chi connectivity index (χ2v) is 10.0. The van der Waals surface area contributed by atoms with Crippen molar-refractivity contribution in [1.29, 1.82) is 0 Å². The Hall–Kier alpha value is -2.25. The lowest BCUT2D eigenvalue weighted by Crippen LogP contribution is -2.28. The molecule has 0 atom stereocenters. The van der Waals surface area contributed by atoms with Crippen molar-refractivity contribution >= 4 is 16.3 Å². The van der Waals surface area contributed by atoms with Crippen LogP contribution in [0.25, 0.3) is 4.96 Å². The van der Waals surface area contributed by atoms with E-state index in [2.05, 4.69) is 56.8 Å². The molecule has 6 nitrogen and oxygen atoms in total. The molecule has 3 rings (SSSR count). The molecule has 0 amide bonds. The van der Waals surface area contributed by atoms with Gasteiger partial charge in [-0.15, -0.1) is 0 Å². The Bertz CT molecular complexity index is 1030. The van der Waals surface area contributed by atoms with Gasteiger partial charge in [-0.2, -0.15) is 9.61 Å². The van der Waals surface area contributed by atoms with E-state index in [1.165, 1.54) is 21.4 Å². The number of hydrogen-bond acceptors (Lipinski definition) is 6. The Morgan fingerprint density at radius 3 is 2.47 bits per heavy atom. The van der Waals surface area contributed by atoms with Gasteiger partial charge in [-0.05, 0) is 30.5 Å². The van der Waals surface area contributed by atoms with Gasteiger partial charge in [-0.25, -0.2) is 4.98 Å². The van der Waals surface area contributed by atoms with E-state index in [-0.39, 0.29) is 11.0 Å². The summed E-state index contributed by atoms with van der Waals surface area (Å²) in [6, 6.07) is 9.83. The molecule has 1 aromatic carbocycles. The minimum atomic E-state index is -0.118. The maximum absolute atomic E-state index is 12.6. The first-order valence-corrected chi connectivity index (χ1v) is 11.3. The van der Waals surface area contributed by atoms with E-state index in [0.29, 0.717) is 24.0 Å². The van der Waals surface area contributed by atoms with Gasteiger partial charge in [0, 0.05) is 31.1 Å². The van der Waals surface area contributed by atoms with E-state index in [1.54, 1.807) is 6.07 Å². The highest BCUT2D eigenvalue weighted by molar-refractivity contribution is 7.16. The van der Waals surface area contributed by atoms with Crippen molar-refractivity contribution in [2.24, 2.45) is 5.92 Å². The summed E-state index contributed by atoms with van der Waals surface area (Å²) < 4.78 is 6.97. The zero-order valence-corrected chi connectivity index (χ0v) is 19.6. The minimum absolute atomic E-state index is 0.109. The molecule has 0 fully saturated rings. The van der Waals surface area contributed by atoms with Crippen molar-refractivity contribution in [3.8, 4) is 5.75 Å². The molecule has 0 saturated carbocycles. The summed E-state index contributed by atoms with van der Waals surface area (Å²) in [5.74, 6) is 1.39. The van der Waals surface area contributed by atoms with E-state index in [0.717, 1.165) is 29.5 Å². The largest absolute Gasteiger partial charge is 0.494 e. The second-order valence-electron chi connectivity index (χ2n) is 9.08. The molecule has 30 heavy (non-hydrogen) atoms. The number of rotatable bonds is 8. The van der Waals surface area contributed by atoms with Crippen LogP contribution in [0.15, 0.2) is 35.1 Å². The molecule has 162 valence electrons. The van der Waals surface area contributed by atoms with Crippen molar-refractivity contribution in [2.75, 3.05) is 13.2 Å². The molecule has 0 spiro atoms. The molecule has 0 radical (unpaired) electrons. The Morgan fingerprint density at radius 1 is 1.17 bits per heavy atom. The monoisotopic (exact) mass is 428 g/mol. The summed E-state index contributed by atoms with van der Waals surface area (Å²) in [4.78, 5) is 20.4. The predicted molar refractivity (Wildman–Crippen MR) is 122 cm³/mol. The first kappa shape index (κ1) is 22.4. The molecule has 7 heteroatoms. The smallest absolute Gasteiger partial charge is 0.275 e. The molecule has 0 N–H and O–H groups in total. The first-order chi connectivity index (χ1) is 14.2. The molecule has 2 aromatic heterocycles. The summed E-state index contributed by atoms with van der Waals surface area (Å²) >= 11 is 1.49. The van der Waals surface area contributed by atoms with Gasteiger partial charge in [0.2, 0.25) is 4.96 Å². The van der Waals surface area contributed by atoms with Gasteiger partial charge in [-0.3, -0.25) is 9.69 Å². The standard InChI is InChI=1S/C23H32N4O2S/c1-7-29-19-10-8-17(9-11-19)14-26(13-16(2)3)15-18-12-20(28)27-22(24-18)30-21(25-27)23(4,5)6/h8-12,16H,7,13-15H2,1-6H3. The summed E-state index contributed by atoms with van der Waals surface area (Å²) in [6.45, 7) is 15.7. The number of benzene rings is 1. The zero-order chi connectivity index (χ0) is 21.9. The van der Waals surface area contributed by atoms with Crippen LogP contribution in [0.5, 0.6) is 5.75 Å². The van der Waals surface area contributed by atoms with Crippen LogP contribution >= 0.6 is 11.3 Å². The molecule has 0 aliphatic heterocycles. The molecule has 0 aliphatic carbocycles. The molecular weight excluding hydrogens is 396 g/mol. The van der Waals surface area contributed by atoms with E-state index in [4.69, 9.17) is 9.72 Å². The highest BCUT2D eigenvalue weighted by Gasteiger charge is 2.21. The van der Waals surface area contributed by atoms with Crippen LogP contribution in [-0.4, -0.2) is 32.6 Å². The van der Waals surface area contributed by atoms with Crippen LogP contribution in [0.3, 0.4) is 0 Å². The molecular formula is C23H32N4O2S. The summed E-state index contributed by atoms with van der Waals surface area (Å²) in [7, 11) is 0. The fraction of sp³-hybridized carbons (Fsp3) is 0.522. The Kier molecular flexibility index (Phi) is 6.93. The van der Waals surface area contributed by atoms with E-state index in [9.17, 15) is 4.79 Å². The SMILES string of the molecule is CCOc1ccc(CN(Cc2cc(=O)n3nc(C(C)(C)C)sc3n2)CC(C)C)cc1. The molecule has 0 saturated heterocycles. The van der Waals surface area contributed by atoms with E-state index >= 15 is 0 Å². The Labute approximate surface area is 182 Å². The first-order valence-electron chi connectivity index (χ1n) is 10.5. The Balaban J connectivity index is 1.83.